The van der Waals surface area contributed by atoms with Gasteiger partial charge in [0.15, 0.2) is 5.82 Å². The lowest BCUT2D eigenvalue weighted by molar-refractivity contribution is -0.141. The molecule has 1 N–H and O–H groups in total. The van der Waals surface area contributed by atoms with E-state index in [-0.39, 0.29) is 16.9 Å². The number of rotatable bonds is 5. The van der Waals surface area contributed by atoms with Crippen molar-refractivity contribution in [2.24, 2.45) is 10.8 Å². The van der Waals surface area contributed by atoms with Crippen molar-refractivity contribution in [2.45, 2.75) is 56.8 Å². The molecule has 0 radical (unpaired) electrons. The van der Waals surface area contributed by atoms with Crippen molar-refractivity contribution in [3.8, 4) is 0 Å². The van der Waals surface area contributed by atoms with Gasteiger partial charge in [-0.3, -0.25) is 14.8 Å². The molecular weight excluding hydrogens is 487 g/mol. The summed E-state index contributed by atoms with van der Waals surface area (Å²) in [5.41, 5.74) is 0.0538. The molecule has 5 heterocycles. The molecule has 0 unspecified atom stereocenters. The number of nitrogens with zero attached hydrogens (tertiary/aromatic N) is 6. The first-order valence-electron chi connectivity index (χ1n) is 13.0. The van der Waals surface area contributed by atoms with E-state index in [0.29, 0.717) is 37.0 Å². The first kappa shape index (κ1) is 23.2. The number of carbonyl (C=O) groups excluding carboxylic acids is 1. The fraction of sp³-hybridized carbons (Fsp3) is 0.680. The number of halogens is 3. The van der Waals surface area contributed by atoms with Crippen molar-refractivity contribution in [2.75, 3.05) is 39.3 Å². The zero-order valence-electron chi connectivity index (χ0n) is 20.5. The molecule has 37 heavy (non-hydrogen) atoms. The minimum absolute atomic E-state index is 0.0467. The minimum atomic E-state index is -4.43. The third-order valence-corrected chi connectivity index (χ3v) is 8.81. The largest absolute Gasteiger partial charge is 0.406 e. The monoisotopic (exact) mass is 517 g/mol. The predicted molar refractivity (Wildman–Crippen MR) is 126 cm³/mol. The van der Waals surface area contributed by atoms with E-state index in [4.69, 9.17) is 0 Å². The Bertz CT molecular complexity index is 1270. The molecule has 3 saturated heterocycles. The van der Waals surface area contributed by atoms with Crippen molar-refractivity contribution in [1.29, 1.82) is 0 Å². The Hall–Kier alpha value is -2.89. The molecule has 5 aliphatic rings. The zero-order valence-corrected chi connectivity index (χ0v) is 20.5. The van der Waals surface area contributed by atoms with E-state index in [1.54, 1.807) is 6.07 Å². The molecule has 9 nitrogen and oxygen atoms in total. The van der Waals surface area contributed by atoms with E-state index >= 15 is 0 Å². The third kappa shape index (κ3) is 4.13. The highest BCUT2D eigenvalue weighted by Crippen LogP contribution is 2.56. The van der Waals surface area contributed by atoms with Crippen molar-refractivity contribution >= 4 is 6.03 Å². The van der Waals surface area contributed by atoms with Gasteiger partial charge in [-0.25, -0.2) is 9.78 Å². The van der Waals surface area contributed by atoms with Crippen LogP contribution in [0.3, 0.4) is 0 Å². The number of H-pyrrole nitrogens is 1. The maximum absolute atomic E-state index is 12.9. The Morgan fingerprint density at radius 3 is 2.35 bits per heavy atom. The predicted octanol–water partition coefficient (Wildman–Crippen LogP) is 2.52. The number of hydrogen-bond donors (Lipinski definition) is 1. The molecule has 3 aliphatic heterocycles. The number of hydrogen-bond acceptors (Lipinski definition) is 5. The molecular formula is C25H30F3N7O2. The van der Waals surface area contributed by atoms with Gasteiger partial charge < -0.3 is 14.4 Å². The average molecular weight is 518 g/mol. The molecule has 12 heteroatoms. The summed E-state index contributed by atoms with van der Waals surface area (Å²) in [6.07, 6.45) is 1.24. The summed E-state index contributed by atoms with van der Waals surface area (Å²) < 4.78 is 38.8. The number of nitrogens with one attached hydrogen (secondary N) is 1. The SMILES string of the molecule is O=C(N1CC2(CC(c3nc(C4CC4)n[nH]3)C2)C1)N1CC2(CN(Cc3cccn(CC(F)(F)F)c3=O)C2)C1. The van der Waals surface area contributed by atoms with Gasteiger partial charge in [-0.1, -0.05) is 6.07 Å². The van der Waals surface area contributed by atoms with Crippen LogP contribution in [0.5, 0.6) is 0 Å². The number of likely N-dealkylation sites (tertiary alicyclic amines) is 3. The Morgan fingerprint density at radius 1 is 1.03 bits per heavy atom. The van der Waals surface area contributed by atoms with Crippen molar-refractivity contribution < 1.29 is 18.0 Å². The Kier molecular flexibility index (Phi) is 4.91. The van der Waals surface area contributed by atoms with Crippen LogP contribution >= 0.6 is 0 Å². The summed E-state index contributed by atoms with van der Waals surface area (Å²) in [6, 6.07) is 3.19. The van der Waals surface area contributed by atoms with Crippen LogP contribution in [-0.2, 0) is 13.1 Å². The van der Waals surface area contributed by atoms with E-state index < -0.39 is 18.3 Å². The molecule has 198 valence electrons. The lowest BCUT2D eigenvalue weighted by Crippen LogP contribution is -2.75. The first-order chi connectivity index (χ1) is 17.6. The molecule has 2 amide bonds. The van der Waals surface area contributed by atoms with E-state index in [1.165, 1.54) is 25.1 Å². The van der Waals surface area contributed by atoms with Crippen molar-refractivity contribution in [3.05, 3.63) is 45.9 Å². The van der Waals surface area contributed by atoms with Crippen LogP contribution in [0.1, 0.15) is 54.7 Å². The van der Waals surface area contributed by atoms with E-state index in [0.717, 1.165) is 55.2 Å². The highest BCUT2D eigenvalue weighted by molar-refractivity contribution is 5.77. The Morgan fingerprint density at radius 2 is 1.70 bits per heavy atom. The van der Waals surface area contributed by atoms with Crippen LogP contribution in [0.15, 0.2) is 23.1 Å². The Labute approximate surface area is 211 Å². The van der Waals surface area contributed by atoms with Crippen molar-refractivity contribution in [1.82, 2.24) is 34.4 Å². The highest BCUT2D eigenvalue weighted by atomic mass is 19.4. The quantitative estimate of drug-likeness (QED) is 0.659. The van der Waals surface area contributed by atoms with Gasteiger partial charge in [-0.15, -0.1) is 0 Å². The fourth-order valence-electron chi connectivity index (χ4n) is 6.91. The van der Waals surface area contributed by atoms with Gasteiger partial charge in [0.1, 0.15) is 12.4 Å². The lowest BCUT2D eigenvalue weighted by Gasteiger charge is -2.63. The van der Waals surface area contributed by atoms with E-state index in [2.05, 4.69) is 20.1 Å². The second-order valence-electron chi connectivity index (χ2n) is 12.2. The number of pyridine rings is 1. The summed E-state index contributed by atoms with van der Waals surface area (Å²) in [7, 11) is 0. The van der Waals surface area contributed by atoms with Crippen LogP contribution in [0.25, 0.3) is 0 Å². The molecule has 0 aromatic carbocycles. The summed E-state index contributed by atoms with van der Waals surface area (Å²) >= 11 is 0. The molecule has 7 rings (SSSR count). The Balaban J connectivity index is 0.855. The summed E-state index contributed by atoms with van der Waals surface area (Å²) in [5.74, 6) is 2.94. The summed E-state index contributed by atoms with van der Waals surface area (Å²) in [5, 5.41) is 7.49. The lowest BCUT2D eigenvalue weighted by atomic mass is 9.57. The normalized spacial score (nSPS) is 24.5. The van der Waals surface area contributed by atoms with Crippen LogP contribution in [-0.4, -0.2) is 85.9 Å². The van der Waals surface area contributed by atoms with Gasteiger partial charge in [0.2, 0.25) is 0 Å². The van der Waals surface area contributed by atoms with Gasteiger partial charge in [-0.2, -0.15) is 18.3 Å². The smallest absolute Gasteiger partial charge is 0.323 e. The molecule has 2 aromatic heterocycles. The molecule has 0 bridgehead atoms. The minimum Gasteiger partial charge on any atom is -0.323 e. The highest BCUT2D eigenvalue weighted by Gasteiger charge is 2.58. The van der Waals surface area contributed by atoms with Gasteiger partial charge >= 0.3 is 12.2 Å². The number of aromatic amines is 1. The van der Waals surface area contributed by atoms with Crippen LogP contribution < -0.4 is 5.56 Å². The third-order valence-electron chi connectivity index (χ3n) is 8.81. The molecule has 0 atom stereocenters. The number of aromatic nitrogens is 4. The number of amides is 2. The standard InChI is InChI=1S/C25H30F3N7O2/c26-25(27,28)15-33-5-1-2-17(21(33)36)8-32-9-24(10-32)13-35(14-24)22(37)34-11-23(12-34)6-18(7-23)20-29-19(30-31-20)16-3-4-16/h1-2,5,16,18H,3-4,6-15H2,(H,29,30,31). The maximum Gasteiger partial charge on any atom is 0.406 e. The fourth-order valence-corrected chi connectivity index (χ4v) is 6.91. The summed E-state index contributed by atoms with van der Waals surface area (Å²) in [4.78, 5) is 36.0. The maximum atomic E-state index is 12.9. The van der Waals surface area contributed by atoms with Crippen LogP contribution in [0, 0.1) is 10.8 Å². The number of carbonyl (C=O) groups is 1. The summed E-state index contributed by atoms with van der Waals surface area (Å²) in [6.45, 7) is 3.55. The van der Waals surface area contributed by atoms with Crippen molar-refractivity contribution in [3.63, 3.8) is 0 Å². The van der Waals surface area contributed by atoms with Gasteiger partial charge in [0.25, 0.3) is 5.56 Å². The molecule has 5 fully saturated rings. The van der Waals surface area contributed by atoms with Gasteiger partial charge in [0, 0.05) is 80.2 Å². The topological polar surface area (TPSA) is 90.4 Å². The van der Waals surface area contributed by atoms with E-state index in [1.807, 2.05) is 9.80 Å². The first-order valence-corrected chi connectivity index (χ1v) is 13.0. The molecule has 2 aliphatic carbocycles. The molecule has 2 aromatic rings. The van der Waals surface area contributed by atoms with E-state index in [9.17, 15) is 22.8 Å². The second kappa shape index (κ2) is 7.81. The second-order valence-corrected chi connectivity index (χ2v) is 12.2. The zero-order chi connectivity index (χ0) is 25.6. The van der Waals surface area contributed by atoms with Crippen LogP contribution in [0.4, 0.5) is 18.0 Å². The number of urea groups is 1. The van der Waals surface area contributed by atoms with Crippen LogP contribution in [0.2, 0.25) is 0 Å². The van der Waals surface area contributed by atoms with Gasteiger partial charge in [-0.05, 0) is 31.7 Å². The van der Waals surface area contributed by atoms with Gasteiger partial charge in [0.05, 0.1) is 0 Å². The molecule has 2 saturated carbocycles. The molecule has 2 spiro atoms. The average Bonchev–Trinajstić information content (AvgIpc) is 3.46. The number of alkyl halides is 3.